The lowest BCUT2D eigenvalue weighted by Crippen LogP contribution is -2.39. The Hall–Kier alpha value is -2.96. The summed E-state index contributed by atoms with van der Waals surface area (Å²) in [5.74, 6) is -1.33. The van der Waals surface area contributed by atoms with Gasteiger partial charge in [-0.1, -0.05) is 24.3 Å². The molecule has 7 heteroatoms. The molecule has 1 N–H and O–H groups in total. The van der Waals surface area contributed by atoms with E-state index in [0.717, 1.165) is 43.0 Å². The lowest BCUT2D eigenvalue weighted by molar-refractivity contribution is -0.386. The Bertz CT molecular complexity index is 840. The number of hydrogen-bond donors (Lipinski definition) is 1. The molecule has 1 aliphatic carbocycles. The summed E-state index contributed by atoms with van der Waals surface area (Å²) in [5.41, 5.74) is 1.91. The highest BCUT2D eigenvalue weighted by Gasteiger charge is 2.26. The lowest BCUT2D eigenvalue weighted by Gasteiger charge is -2.27. The summed E-state index contributed by atoms with van der Waals surface area (Å²) in [4.78, 5) is 22.9. The van der Waals surface area contributed by atoms with Crippen LogP contribution in [0.2, 0.25) is 0 Å². The molecule has 0 fully saturated rings. The third kappa shape index (κ3) is 3.82. The van der Waals surface area contributed by atoms with Crippen molar-refractivity contribution in [3.05, 3.63) is 69.5 Å². The van der Waals surface area contributed by atoms with Gasteiger partial charge in [0, 0.05) is 12.1 Å². The predicted octanol–water partition coefficient (Wildman–Crippen LogP) is 3.70. The van der Waals surface area contributed by atoms with E-state index >= 15 is 0 Å². The molecule has 0 bridgehead atoms. The number of halogens is 1. The lowest BCUT2D eigenvalue weighted by atomic mass is 9.87. The Kier molecular flexibility index (Phi) is 5.16. The van der Waals surface area contributed by atoms with Crippen LogP contribution in [0.15, 0.2) is 42.5 Å². The zero-order valence-corrected chi connectivity index (χ0v) is 14.3. The zero-order chi connectivity index (χ0) is 18.7. The highest BCUT2D eigenvalue weighted by molar-refractivity contribution is 5.81. The van der Waals surface area contributed by atoms with E-state index in [9.17, 15) is 19.3 Å². The summed E-state index contributed by atoms with van der Waals surface area (Å²) in [7, 11) is 0. The van der Waals surface area contributed by atoms with Crippen molar-refractivity contribution in [2.75, 3.05) is 0 Å². The molecule has 2 atom stereocenters. The van der Waals surface area contributed by atoms with Gasteiger partial charge < -0.3 is 10.1 Å². The van der Waals surface area contributed by atoms with Crippen molar-refractivity contribution in [2.45, 2.75) is 38.3 Å². The first kappa shape index (κ1) is 17.8. The molecule has 0 saturated heterocycles. The highest BCUT2D eigenvalue weighted by atomic mass is 19.1. The van der Waals surface area contributed by atoms with Crippen LogP contribution in [0.5, 0.6) is 5.75 Å². The van der Waals surface area contributed by atoms with Gasteiger partial charge in [0.1, 0.15) is 5.82 Å². The van der Waals surface area contributed by atoms with E-state index in [0.29, 0.717) is 0 Å². The van der Waals surface area contributed by atoms with Crippen LogP contribution in [0, 0.1) is 15.9 Å². The van der Waals surface area contributed by atoms with Gasteiger partial charge >= 0.3 is 5.69 Å². The second-order valence-corrected chi connectivity index (χ2v) is 6.28. The van der Waals surface area contributed by atoms with Crippen LogP contribution >= 0.6 is 0 Å². The van der Waals surface area contributed by atoms with Gasteiger partial charge in [-0.3, -0.25) is 14.9 Å². The number of ether oxygens (including phenoxy) is 1. The SMILES string of the molecule is C[C@H](Oc1cc(F)ccc1[N+](=O)[O-])C(=O)N[C@@H]1CCCc2ccccc21. The number of nitro benzene ring substituents is 1. The number of fused-ring (bicyclic) bond motifs is 1. The molecule has 6 nitrogen and oxygen atoms in total. The first-order chi connectivity index (χ1) is 12.5. The number of aryl methyl sites for hydroxylation is 1. The number of hydrogen-bond acceptors (Lipinski definition) is 4. The van der Waals surface area contributed by atoms with E-state index in [-0.39, 0.29) is 17.5 Å². The van der Waals surface area contributed by atoms with E-state index in [4.69, 9.17) is 4.74 Å². The van der Waals surface area contributed by atoms with Crippen molar-refractivity contribution >= 4 is 11.6 Å². The third-order valence-electron chi connectivity index (χ3n) is 4.48. The highest BCUT2D eigenvalue weighted by Crippen LogP contribution is 2.31. The molecule has 0 unspecified atom stereocenters. The molecule has 0 aromatic heterocycles. The van der Waals surface area contributed by atoms with Crippen molar-refractivity contribution < 1.29 is 18.8 Å². The Balaban J connectivity index is 1.72. The van der Waals surface area contributed by atoms with Crippen LogP contribution in [0.4, 0.5) is 10.1 Å². The standard InChI is InChI=1S/C19H19FN2O4/c1-12(26-18-11-14(20)9-10-17(18)22(24)25)19(23)21-16-8-4-6-13-5-2-3-7-15(13)16/h2-3,5,7,9-12,16H,4,6,8H2,1H3,(H,21,23)/t12-,16+/m0/s1. The number of nitrogens with one attached hydrogen (secondary N) is 1. The van der Waals surface area contributed by atoms with E-state index in [1.807, 2.05) is 24.3 Å². The molecule has 1 amide bonds. The van der Waals surface area contributed by atoms with Gasteiger partial charge in [0.2, 0.25) is 5.75 Å². The molecule has 0 radical (unpaired) electrons. The zero-order valence-electron chi connectivity index (χ0n) is 14.3. The Morgan fingerprint density at radius 2 is 2.12 bits per heavy atom. The second-order valence-electron chi connectivity index (χ2n) is 6.28. The molecule has 26 heavy (non-hydrogen) atoms. The van der Waals surface area contributed by atoms with E-state index in [1.54, 1.807) is 0 Å². The minimum atomic E-state index is -0.996. The van der Waals surface area contributed by atoms with Crippen LogP contribution in [0.1, 0.15) is 36.9 Å². The molecule has 0 saturated carbocycles. The number of rotatable bonds is 5. The smallest absolute Gasteiger partial charge is 0.311 e. The molecular weight excluding hydrogens is 339 g/mol. The fourth-order valence-corrected chi connectivity index (χ4v) is 3.17. The van der Waals surface area contributed by atoms with Crippen molar-refractivity contribution in [3.63, 3.8) is 0 Å². The monoisotopic (exact) mass is 358 g/mol. The molecule has 1 aliphatic rings. The molecular formula is C19H19FN2O4. The molecule has 2 aromatic carbocycles. The Morgan fingerprint density at radius 1 is 1.35 bits per heavy atom. The summed E-state index contributed by atoms with van der Waals surface area (Å²) in [5, 5.41) is 14.0. The number of carbonyl (C=O) groups excluding carboxylic acids is 1. The van der Waals surface area contributed by atoms with E-state index < -0.39 is 22.8 Å². The molecule has 0 aliphatic heterocycles. The first-order valence-corrected chi connectivity index (χ1v) is 8.44. The molecule has 3 rings (SSSR count). The number of amides is 1. The largest absolute Gasteiger partial charge is 0.474 e. The molecule has 0 heterocycles. The van der Waals surface area contributed by atoms with Crippen LogP contribution in [-0.2, 0) is 11.2 Å². The van der Waals surface area contributed by atoms with Gasteiger partial charge in [-0.25, -0.2) is 4.39 Å². The minimum absolute atomic E-state index is 0.124. The first-order valence-electron chi connectivity index (χ1n) is 8.44. The maximum Gasteiger partial charge on any atom is 0.311 e. The van der Waals surface area contributed by atoms with Gasteiger partial charge in [0.25, 0.3) is 5.91 Å². The average molecular weight is 358 g/mol. The van der Waals surface area contributed by atoms with E-state index in [1.165, 1.54) is 12.5 Å². The summed E-state index contributed by atoms with van der Waals surface area (Å²) < 4.78 is 18.8. The Labute approximate surface area is 150 Å². The van der Waals surface area contributed by atoms with Gasteiger partial charge in [-0.15, -0.1) is 0 Å². The fraction of sp³-hybridized carbons (Fsp3) is 0.316. The van der Waals surface area contributed by atoms with Crippen molar-refractivity contribution in [2.24, 2.45) is 0 Å². The number of nitro groups is 1. The summed E-state index contributed by atoms with van der Waals surface area (Å²) in [6.45, 7) is 1.48. The van der Waals surface area contributed by atoms with E-state index in [2.05, 4.69) is 5.32 Å². The minimum Gasteiger partial charge on any atom is -0.474 e. The molecule has 0 spiro atoms. The number of benzene rings is 2. The molecule has 136 valence electrons. The summed E-state index contributed by atoms with van der Waals surface area (Å²) in [6, 6.07) is 10.7. The van der Waals surface area contributed by atoms with Gasteiger partial charge in [0.05, 0.1) is 11.0 Å². The normalized spacial score (nSPS) is 17.1. The maximum atomic E-state index is 13.4. The predicted molar refractivity (Wildman–Crippen MR) is 93.4 cm³/mol. The third-order valence-corrected chi connectivity index (χ3v) is 4.48. The van der Waals surface area contributed by atoms with Gasteiger partial charge in [-0.05, 0) is 43.4 Å². The average Bonchev–Trinajstić information content (AvgIpc) is 2.61. The number of nitrogens with zero attached hydrogens (tertiary/aromatic N) is 1. The topological polar surface area (TPSA) is 81.5 Å². The number of carbonyl (C=O) groups is 1. The van der Waals surface area contributed by atoms with Gasteiger partial charge in [0.15, 0.2) is 6.10 Å². The Morgan fingerprint density at radius 3 is 2.88 bits per heavy atom. The quantitative estimate of drug-likeness (QED) is 0.653. The molecule has 2 aromatic rings. The van der Waals surface area contributed by atoms with Crippen LogP contribution in [-0.4, -0.2) is 16.9 Å². The van der Waals surface area contributed by atoms with Crippen molar-refractivity contribution in [1.82, 2.24) is 5.32 Å². The fourth-order valence-electron chi connectivity index (χ4n) is 3.17. The van der Waals surface area contributed by atoms with Crippen LogP contribution in [0.3, 0.4) is 0 Å². The summed E-state index contributed by atoms with van der Waals surface area (Å²) in [6.07, 6.45) is 1.76. The second kappa shape index (κ2) is 7.51. The van der Waals surface area contributed by atoms with Crippen molar-refractivity contribution in [3.8, 4) is 5.75 Å². The van der Waals surface area contributed by atoms with Gasteiger partial charge in [-0.2, -0.15) is 0 Å². The van der Waals surface area contributed by atoms with Crippen molar-refractivity contribution in [1.29, 1.82) is 0 Å². The maximum absolute atomic E-state index is 13.4. The van der Waals surface area contributed by atoms with Crippen LogP contribution in [0.25, 0.3) is 0 Å². The van der Waals surface area contributed by atoms with Crippen LogP contribution < -0.4 is 10.1 Å². The summed E-state index contributed by atoms with van der Waals surface area (Å²) >= 11 is 0.